The Morgan fingerprint density at radius 1 is 1.30 bits per heavy atom. The molecule has 4 nitrogen and oxygen atoms in total. The van der Waals surface area contributed by atoms with Gasteiger partial charge in [0.05, 0.1) is 15.6 Å². The number of non-ortho nitro benzene ring substituents is 1. The second-order valence-corrected chi connectivity index (χ2v) is 4.78. The number of nitrogens with one attached hydrogen (secondary N) is 1. The first-order chi connectivity index (χ1) is 9.47. The number of benzene rings is 2. The van der Waals surface area contributed by atoms with Gasteiger partial charge in [0.2, 0.25) is 0 Å². The molecule has 104 valence electrons. The quantitative estimate of drug-likeness (QED) is 0.675. The third kappa shape index (κ3) is 3.24. The minimum absolute atomic E-state index is 0.0692. The summed E-state index contributed by atoms with van der Waals surface area (Å²) in [5.41, 5.74) is 1.80. The fraction of sp³-hybridized carbons (Fsp3) is 0.143. The summed E-state index contributed by atoms with van der Waals surface area (Å²) in [5.74, 6) is -0.344. The van der Waals surface area contributed by atoms with E-state index >= 15 is 0 Å². The molecular formula is C14H12ClFN2O2. The third-order valence-electron chi connectivity index (χ3n) is 2.84. The standard InChI is InChI=1S/C14H12ClFN2O2/c1-9-2-5-14(13(16)6-9)17-8-10-3-4-11(18(19)20)7-12(10)15/h2-7,17H,8H2,1H3. The minimum Gasteiger partial charge on any atom is -0.379 e. The number of halogens is 2. The summed E-state index contributed by atoms with van der Waals surface area (Å²) in [6, 6.07) is 9.07. The highest BCUT2D eigenvalue weighted by Gasteiger charge is 2.10. The van der Waals surface area contributed by atoms with Gasteiger partial charge in [-0.1, -0.05) is 17.7 Å². The number of aryl methyl sites for hydroxylation is 1. The van der Waals surface area contributed by atoms with E-state index in [1.54, 1.807) is 25.1 Å². The molecule has 0 aliphatic heterocycles. The van der Waals surface area contributed by atoms with Crippen molar-refractivity contribution in [1.82, 2.24) is 0 Å². The normalized spacial score (nSPS) is 10.3. The van der Waals surface area contributed by atoms with Crippen LogP contribution in [0.4, 0.5) is 15.8 Å². The first-order valence-corrected chi connectivity index (χ1v) is 6.28. The lowest BCUT2D eigenvalue weighted by Crippen LogP contribution is -2.02. The first-order valence-electron chi connectivity index (χ1n) is 5.90. The lowest BCUT2D eigenvalue weighted by molar-refractivity contribution is -0.384. The molecule has 0 aromatic heterocycles. The van der Waals surface area contributed by atoms with Crippen molar-refractivity contribution >= 4 is 23.0 Å². The largest absolute Gasteiger partial charge is 0.379 e. The minimum atomic E-state index is -0.511. The fourth-order valence-electron chi connectivity index (χ4n) is 1.75. The van der Waals surface area contributed by atoms with Gasteiger partial charge < -0.3 is 5.32 Å². The number of hydrogen-bond acceptors (Lipinski definition) is 3. The Kier molecular flexibility index (Phi) is 4.20. The van der Waals surface area contributed by atoms with Crippen LogP contribution in [0.15, 0.2) is 36.4 Å². The smallest absolute Gasteiger partial charge is 0.270 e. The molecule has 2 rings (SSSR count). The van der Waals surface area contributed by atoms with Crippen LogP contribution < -0.4 is 5.32 Å². The maximum atomic E-state index is 13.6. The van der Waals surface area contributed by atoms with Crippen LogP contribution in [-0.4, -0.2) is 4.92 Å². The Morgan fingerprint density at radius 3 is 2.65 bits per heavy atom. The summed E-state index contributed by atoms with van der Waals surface area (Å²) in [5, 5.41) is 13.8. The molecule has 0 bridgehead atoms. The summed E-state index contributed by atoms with van der Waals surface area (Å²) in [6.45, 7) is 2.09. The van der Waals surface area contributed by atoms with E-state index in [0.717, 1.165) is 5.56 Å². The summed E-state index contributed by atoms with van der Waals surface area (Å²) < 4.78 is 13.6. The number of hydrogen-bond donors (Lipinski definition) is 1. The molecule has 0 aliphatic carbocycles. The lowest BCUT2D eigenvalue weighted by Gasteiger charge is -2.09. The van der Waals surface area contributed by atoms with Crippen molar-refractivity contribution in [3.05, 3.63) is 68.5 Å². The molecule has 0 radical (unpaired) electrons. The number of nitro groups is 1. The van der Waals surface area contributed by atoms with Gasteiger partial charge in [-0.3, -0.25) is 10.1 Å². The van der Waals surface area contributed by atoms with Crippen LogP contribution in [0.2, 0.25) is 5.02 Å². The van der Waals surface area contributed by atoms with Gasteiger partial charge >= 0.3 is 0 Å². The Labute approximate surface area is 120 Å². The Hall–Kier alpha value is -2.14. The molecule has 0 aliphatic rings. The third-order valence-corrected chi connectivity index (χ3v) is 3.19. The summed E-state index contributed by atoms with van der Waals surface area (Å²) in [4.78, 5) is 10.1. The van der Waals surface area contributed by atoms with Gasteiger partial charge in [-0.2, -0.15) is 0 Å². The van der Waals surface area contributed by atoms with E-state index in [0.29, 0.717) is 11.3 Å². The van der Waals surface area contributed by atoms with Gasteiger partial charge in [0.1, 0.15) is 5.82 Å². The van der Waals surface area contributed by atoms with Crippen molar-refractivity contribution in [3.63, 3.8) is 0 Å². The summed E-state index contributed by atoms with van der Waals surface area (Å²) in [6.07, 6.45) is 0. The Morgan fingerprint density at radius 2 is 2.05 bits per heavy atom. The molecule has 0 saturated heterocycles. The van der Waals surface area contributed by atoms with Crippen molar-refractivity contribution in [1.29, 1.82) is 0 Å². The van der Waals surface area contributed by atoms with Crippen molar-refractivity contribution in [2.45, 2.75) is 13.5 Å². The Balaban J connectivity index is 2.13. The van der Waals surface area contributed by atoms with E-state index in [4.69, 9.17) is 11.6 Å². The van der Waals surface area contributed by atoms with Gasteiger partial charge in [-0.15, -0.1) is 0 Å². The zero-order chi connectivity index (χ0) is 14.7. The van der Waals surface area contributed by atoms with E-state index in [-0.39, 0.29) is 23.1 Å². The van der Waals surface area contributed by atoms with Crippen molar-refractivity contribution in [2.75, 3.05) is 5.32 Å². The van der Waals surface area contributed by atoms with Crippen LogP contribution in [0.25, 0.3) is 0 Å². The highest BCUT2D eigenvalue weighted by Crippen LogP contribution is 2.24. The molecule has 0 spiro atoms. The highest BCUT2D eigenvalue weighted by molar-refractivity contribution is 6.31. The van der Waals surface area contributed by atoms with E-state index in [1.807, 2.05) is 0 Å². The average Bonchev–Trinajstić information content (AvgIpc) is 2.38. The number of rotatable bonds is 4. The summed E-state index contributed by atoms with van der Waals surface area (Å²) in [7, 11) is 0. The van der Waals surface area contributed by atoms with E-state index < -0.39 is 4.92 Å². The average molecular weight is 295 g/mol. The molecule has 2 aromatic rings. The Bertz CT molecular complexity index is 662. The molecule has 0 saturated carbocycles. The molecule has 0 amide bonds. The topological polar surface area (TPSA) is 55.2 Å². The zero-order valence-corrected chi connectivity index (χ0v) is 11.4. The highest BCUT2D eigenvalue weighted by atomic mass is 35.5. The summed E-state index contributed by atoms with van der Waals surface area (Å²) >= 11 is 5.97. The van der Waals surface area contributed by atoms with Crippen LogP contribution in [0.1, 0.15) is 11.1 Å². The molecule has 0 heterocycles. The van der Waals surface area contributed by atoms with Crippen LogP contribution in [0.3, 0.4) is 0 Å². The molecule has 0 fully saturated rings. The predicted octanol–water partition coefficient (Wildman–Crippen LogP) is 4.31. The van der Waals surface area contributed by atoms with E-state index in [2.05, 4.69) is 5.32 Å². The van der Waals surface area contributed by atoms with E-state index in [1.165, 1.54) is 18.2 Å². The van der Waals surface area contributed by atoms with Crippen molar-refractivity contribution in [2.24, 2.45) is 0 Å². The molecule has 6 heteroatoms. The number of nitrogens with zero attached hydrogens (tertiary/aromatic N) is 1. The van der Waals surface area contributed by atoms with Crippen molar-refractivity contribution < 1.29 is 9.31 Å². The SMILES string of the molecule is Cc1ccc(NCc2ccc([N+](=O)[O-])cc2Cl)c(F)c1. The predicted molar refractivity (Wildman–Crippen MR) is 76.6 cm³/mol. The first kappa shape index (κ1) is 14.3. The van der Waals surface area contributed by atoms with Crippen LogP contribution in [0, 0.1) is 22.9 Å². The van der Waals surface area contributed by atoms with Gasteiger partial charge in [-0.25, -0.2) is 4.39 Å². The van der Waals surface area contributed by atoms with E-state index in [9.17, 15) is 14.5 Å². The lowest BCUT2D eigenvalue weighted by atomic mass is 10.2. The number of anilines is 1. The molecule has 0 unspecified atom stereocenters. The monoisotopic (exact) mass is 294 g/mol. The molecule has 1 N–H and O–H groups in total. The maximum absolute atomic E-state index is 13.6. The molecule has 0 atom stereocenters. The van der Waals surface area contributed by atoms with Gasteiger partial charge in [0.25, 0.3) is 5.69 Å². The fourth-order valence-corrected chi connectivity index (χ4v) is 1.99. The molecule has 20 heavy (non-hydrogen) atoms. The second-order valence-electron chi connectivity index (χ2n) is 4.37. The second kappa shape index (κ2) is 5.88. The maximum Gasteiger partial charge on any atom is 0.270 e. The van der Waals surface area contributed by atoms with Crippen LogP contribution in [0.5, 0.6) is 0 Å². The van der Waals surface area contributed by atoms with Crippen LogP contribution >= 0.6 is 11.6 Å². The van der Waals surface area contributed by atoms with Crippen molar-refractivity contribution in [3.8, 4) is 0 Å². The molecular weight excluding hydrogens is 283 g/mol. The van der Waals surface area contributed by atoms with Gasteiger partial charge in [-0.05, 0) is 36.2 Å². The van der Waals surface area contributed by atoms with Gasteiger partial charge in [0, 0.05) is 18.7 Å². The number of nitro benzene ring substituents is 1. The molecule has 2 aromatic carbocycles. The zero-order valence-electron chi connectivity index (χ0n) is 10.7. The van der Waals surface area contributed by atoms with Crippen LogP contribution in [-0.2, 0) is 6.54 Å². The van der Waals surface area contributed by atoms with Gasteiger partial charge in [0.15, 0.2) is 0 Å².